The minimum atomic E-state index is -0.422. The third-order valence-corrected chi connectivity index (χ3v) is 5.49. The van der Waals surface area contributed by atoms with Gasteiger partial charge in [0.05, 0.1) is 35.2 Å². The Balaban J connectivity index is 0.00000260. The van der Waals surface area contributed by atoms with E-state index in [9.17, 15) is 9.59 Å². The highest BCUT2D eigenvalue weighted by Crippen LogP contribution is 2.20. The summed E-state index contributed by atoms with van der Waals surface area (Å²) in [7, 11) is 0. The van der Waals surface area contributed by atoms with E-state index in [-0.39, 0.29) is 16.1 Å². The minimum Gasteiger partial charge on any atom is -0.321 e. The first-order valence-electron chi connectivity index (χ1n) is 12.0. The molecule has 0 saturated carbocycles. The van der Waals surface area contributed by atoms with Gasteiger partial charge in [0.2, 0.25) is 0 Å². The van der Waals surface area contributed by atoms with Crippen LogP contribution in [0.3, 0.4) is 0 Å². The molecule has 39 heavy (non-hydrogen) atoms. The number of allylic oxidation sites excluding steroid dienone is 8. The Bertz CT molecular complexity index is 1420. The molecule has 0 atom stereocenters. The van der Waals surface area contributed by atoms with Gasteiger partial charge in [-0.3, -0.25) is 19.6 Å². The highest BCUT2D eigenvalue weighted by molar-refractivity contribution is 6.31. The lowest BCUT2D eigenvalue weighted by Gasteiger charge is -2.10. The van der Waals surface area contributed by atoms with Gasteiger partial charge in [0.25, 0.3) is 11.8 Å². The van der Waals surface area contributed by atoms with Crippen molar-refractivity contribution in [1.82, 2.24) is 9.97 Å². The average Bonchev–Trinajstić information content (AvgIpc) is 2.96. The number of hydrogen-bond acceptors (Lipinski definition) is 4. The van der Waals surface area contributed by atoms with Crippen molar-refractivity contribution in [3.05, 3.63) is 145 Å². The van der Waals surface area contributed by atoms with Crippen molar-refractivity contribution in [3.63, 3.8) is 0 Å². The lowest BCUT2D eigenvalue weighted by Crippen LogP contribution is -2.16. The summed E-state index contributed by atoms with van der Waals surface area (Å²) in [6.45, 7) is 17.4. The number of carbonyl (C=O) groups excluding carboxylic acids is 2. The largest absolute Gasteiger partial charge is 0.321 e. The first kappa shape index (κ1) is 30.4. The molecule has 0 spiro atoms. The van der Waals surface area contributed by atoms with E-state index in [0.29, 0.717) is 11.4 Å². The zero-order chi connectivity index (χ0) is 28.8. The second-order valence-electron chi connectivity index (χ2n) is 7.80. The second-order valence-corrected chi connectivity index (χ2v) is 8.24. The fraction of sp³-hybridized carbons (Fsp3) is 0.0625. The van der Waals surface area contributed by atoms with Crippen LogP contribution in [0.15, 0.2) is 118 Å². The van der Waals surface area contributed by atoms with E-state index in [4.69, 9.17) is 11.6 Å². The number of aromatic nitrogens is 2. The van der Waals surface area contributed by atoms with Gasteiger partial charge in [-0.25, -0.2) is 0 Å². The van der Waals surface area contributed by atoms with E-state index >= 15 is 0 Å². The zero-order valence-electron chi connectivity index (χ0n) is 22.1. The Labute approximate surface area is 234 Å². The molecule has 2 N–H and O–H groups in total. The summed E-state index contributed by atoms with van der Waals surface area (Å²) in [5.41, 5.74) is 4.69. The molecule has 3 aromatic rings. The topological polar surface area (TPSA) is 84.0 Å². The predicted molar refractivity (Wildman–Crippen MR) is 164 cm³/mol. The molecule has 2 aromatic heterocycles. The smallest absolute Gasteiger partial charge is 0.255 e. The molecule has 0 radical (unpaired) electrons. The van der Waals surface area contributed by atoms with Crippen LogP contribution in [0.1, 0.15) is 46.0 Å². The Morgan fingerprint density at radius 1 is 0.795 bits per heavy atom. The van der Waals surface area contributed by atoms with E-state index in [1.54, 1.807) is 48.8 Å². The Morgan fingerprint density at radius 2 is 1.28 bits per heavy atom. The second kappa shape index (κ2) is 15.4. The number of rotatable bonds is 9. The van der Waals surface area contributed by atoms with Crippen LogP contribution in [0.2, 0.25) is 5.02 Å². The summed E-state index contributed by atoms with van der Waals surface area (Å²) in [4.78, 5) is 34.5. The highest BCUT2D eigenvalue weighted by atomic mass is 35.5. The van der Waals surface area contributed by atoms with Gasteiger partial charge in [-0.1, -0.05) is 61.2 Å². The summed E-state index contributed by atoms with van der Waals surface area (Å²) in [5.74, 6) is -0.842. The summed E-state index contributed by atoms with van der Waals surface area (Å²) in [6.07, 6.45) is 14.1. The standard InChI is InChI=1S/C30H27ClN4O2.C2H4/c1-5-9-10-21(8-4)28-14-12-26(19-33-28)35-30(37)23-15-22(16-24(31)17-23)29(36)34-25-11-13-27(32-18-25)20(6-2)7-3;1-2/h5-19H,2,4H2,1,3H3,(H,34,36)(H,35,37);1-2H2/b9-5-,20-7+,21-10+;. The Hall–Kier alpha value is -4.81. The molecule has 0 saturated heterocycles. The van der Waals surface area contributed by atoms with Crippen molar-refractivity contribution in [2.75, 3.05) is 10.6 Å². The first-order chi connectivity index (χ1) is 18.9. The number of benzene rings is 1. The molecule has 0 fully saturated rings. The number of halogens is 1. The highest BCUT2D eigenvalue weighted by Gasteiger charge is 2.14. The maximum absolute atomic E-state index is 12.9. The molecule has 3 rings (SSSR count). The Morgan fingerprint density at radius 3 is 1.67 bits per heavy atom. The molecule has 6 nitrogen and oxygen atoms in total. The summed E-state index contributed by atoms with van der Waals surface area (Å²) < 4.78 is 0. The summed E-state index contributed by atoms with van der Waals surface area (Å²) in [5, 5.41) is 5.81. The molecule has 2 amide bonds. The van der Waals surface area contributed by atoms with Gasteiger partial charge < -0.3 is 10.6 Å². The molecule has 1 aromatic carbocycles. The fourth-order valence-corrected chi connectivity index (χ4v) is 3.60. The van der Waals surface area contributed by atoms with E-state index in [0.717, 1.165) is 22.5 Å². The maximum atomic E-state index is 12.9. The van der Waals surface area contributed by atoms with Gasteiger partial charge in [-0.15, -0.1) is 13.2 Å². The normalized spacial score (nSPS) is 11.3. The van der Waals surface area contributed by atoms with Crippen LogP contribution >= 0.6 is 11.6 Å². The van der Waals surface area contributed by atoms with Crippen molar-refractivity contribution in [2.24, 2.45) is 0 Å². The van der Waals surface area contributed by atoms with Crippen LogP contribution in [0, 0.1) is 0 Å². The number of hydrogen-bond donors (Lipinski definition) is 2. The number of anilines is 2. The van der Waals surface area contributed by atoms with Gasteiger partial charge in [0.1, 0.15) is 0 Å². The van der Waals surface area contributed by atoms with Gasteiger partial charge in [-0.05, 0) is 67.5 Å². The van der Waals surface area contributed by atoms with E-state index in [2.05, 4.69) is 46.9 Å². The Kier molecular flexibility index (Phi) is 12.0. The lowest BCUT2D eigenvalue weighted by molar-refractivity contribution is 0.102. The summed E-state index contributed by atoms with van der Waals surface area (Å²) in [6, 6.07) is 11.5. The van der Waals surface area contributed by atoms with Crippen molar-refractivity contribution in [3.8, 4) is 0 Å². The number of pyridine rings is 2. The molecule has 0 bridgehead atoms. The molecular formula is C32H31ClN4O2. The molecular weight excluding hydrogens is 508 g/mol. The number of carbonyl (C=O) groups is 2. The monoisotopic (exact) mass is 538 g/mol. The van der Waals surface area contributed by atoms with Crippen molar-refractivity contribution in [1.29, 1.82) is 0 Å². The number of amides is 2. The predicted octanol–water partition coefficient (Wildman–Crippen LogP) is 8.17. The zero-order valence-corrected chi connectivity index (χ0v) is 22.8. The third-order valence-electron chi connectivity index (χ3n) is 5.28. The maximum Gasteiger partial charge on any atom is 0.255 e. The van der Waals surface area contributed by atoms with Gasteiger partial charge in [-0.2, -0.15) is 0 Å². The van der Waals surface area contributed by atoms with Crippen LogP contribution < -0.4 is 10.6 Å². The quantitative estimate of drug-likeness (QED) is 0.212. The molecule has 0 aliphatic carbocycles. The number of nitrogens with zero attached hydrogens (tertiary/aromatic N) is 2. The van der Waals surface area contributed by atoms with Crippen LogP contribution in [-0.4, -0.2) is 21.8 Å². The average molecular weight is 539 g/mol. The molecule has 0 aliphatic heterocycles. The van der Waals surface area contributed by atoms with Crippen molar-refractivity contribution >= 4 is 45.9 Å². The van der Waals surface area contributed by atoms with Crippen LogP contribution in [0.4, 0.5) is 11.4 Å². The van der Waals surface area contributed by atoms with Crippen LogP contribution in [0.25, 0.3) is 11.1 Å². The minimum absolute atomic E-state index is 0.235. The van der Waals surface area contributed by atoms with E-state index < -0.39 is 11.8 Å². The summed E-state index contributed by atoms with van der Waals surface area (Å²) >= 11 is 6.22. The SMILES string of the molecule is C=C.C=C/C(=C\C)c1ccc(NC(=O)c2cc(Cl)cc(C(=O)Nc3ccc(/C(C=C)=C/C=C\C)nc3)c2)cn1. The van der Waals surface area contributed by atoms with E-state index in [1.165, 1.54) is 18.2 Å². The van der Waals surface area contributed by atoms with Crippen LogP contribution in [0.5, 0.6) is 0 Å². The van der Waals surface area contributed by atoms with Gasteiger partial charge in [0, 0.05) is 16.1 Å². The first-order valence-corrected chi connectivity index (χ1v) is 12.4. The number of nitrogens with one attached hydrogen (secondary N) is 2. The van der Waals surface area contributed by atoms with Gasteiger partial charge >= 0.3 is 0 Å². The lowest BCUT2D eigenvalue weighted by atomic mass is 10.1. The van der Waals surface area contributed by atoms with Gasteiger partial charge in [0.15, 0.2) is 0 Å². The molecule has 7 heteroatoms. The molecule has 0 aliphatic rings. The third kappa shape index (κ3) is 8.62. The molecule has 0 unspecified atom stereocenters. The van der Waals surface area contributed by atoms with E-state index in [1.807, 2.05) is 38.2 Å². The van der Waals surface area contributed by atoms with Crippen molar-refractivity contribution < 1.29 is 9.59 Å². The fourth-order valence-electron chi connectivity index (χ4n) is 3.36. The molecule has 198 valence electrons. The van der Waals surface area contributed by atoms with Crippen LogP contribution in [-0.2, 0) is 0 Å². The molecule has 2 heterocycles. The van der Waals surface area contributed by atoms with Crippen molar-refractivity contribution in [2.45, 2.75) is 13.8 Å².